The van der Waals surface area contributed by atoms with Gasteiger partial charge in [-0.15, -0.1) is 0 Å². The second kappa shape index (κ2) is 9.04. The lowest BCUT2D eigenvalue weighted by molar-refractivity contribution is 0.0431. The van der Waals surface area contributed by atoms with Crippen molar-refractivity contribution in [2.24, 2.45) is 0 Å². The topological polar surface area (TPSA) is 94.3 Å². The number of nitrogens with one attached hydrogen (secondary N) is 1. The van der Waals surface area contributed by atoms with E-state index < -0.39 is 5.97 Å². The van der Waals surface area contributed by atoms with Crippen LogP contribution in [0.1, 0.15) is 32.2 Å². The van der Waals surface area contributed by atoms with Gasteiger partial charge in [0, 0.05) is 11.1 Å². The smallest absolute Gasteiger partial charge is 0.340 e. The van der Waals surface area contributed by atoms with E-state index >= 15 is 0 Å². The maximum Gasteiger partial charge on any atom is 0.340 e. The van der Waals surface area contributed by atoms with E-state index in [4.69, 9.17) is 9.26 Å². The number of benzene rings is 3. The van der Waals surface area contributed by atoms with E-state index in [0.29, 0.717) is 17.1 Å². The zero-order valence-electron chi connectivity index (χ0n) is 16.7. The summed E-state index contributed by atoms with van der Waals surface area (Å²) in [6.45, 7) is 1.81. The van der Waals surface area contributed by atoms with Gasteiger partial charge in [-0.3, -0.25) is 4.79 Å². The zero-order chi connectivity index (χ0) is 21.6. The minimum Gasteiger partial charge on any atom is -0.452 e. The lowest BCUT2D eigenvalue weighted by Gasteiger charge is -2.10. The average Bonchev–Trinajstić information content (AvgIpc) is 3.28. The molecule has 7 heteroatoms. The second-order valence-corrected chi connectivity index (χ2v) is 6.82. The number of amides is 1. The Kier molecular flexibility index (Phi) is 5.84. The van der Waals surface area contributed by atoms with Gasteiger partial charge < -0.3 is 14.6 Å². The SMILES string of the molecule is Cc1ccc(-c2noc(COC(=O)c3ccccc3NC(=O)c3ccccc3)n2)cc1. The van der Waals surface area contributed by atoms with Gasteiger partial charge >= 0.3 is 5.97 Å². The highest BCUT2D eigenvalue weighted by atomic mass is 16.6. The number of carbonyl (C=O) groups is 2. The number of nitrogens with zero attached hydrogens (tertiary/aromatic N) is 2. The van der Waals surface area contributed by atoms with Crippen LogP contribution in [0.4, 0.5) is 5.69 Å². The van der Waals surface area contributed by atoms with Crippen LogP contribution >= 0.6 is 0 Å². The predicted octanol–water partition coefficient (Wildman–Crippen LogP) is 4.65. The number of carbonyl (C=O) groups excluding carboxylic acids is 2. The van der Waals surface area contributed by atoms with Crippen LogP contribution in [0.5, 0.6) is 0 Å². The van der Waals surface area contributed by atoms with Crippen molar-refractivity contribution in [2.45, 2.75) is 13.5 Å². The first-order valence-electron chi connectivity index (χ1n) is 9.62. The summed E-state index contributed by atoms with van der Waals surface area (Å²) >= 11 is 0. The molecule has 0 saturated heterocycles. The molecule has 0 atom stereocenters. The van der Waals surface area contributed by atoms with E-state index in [0.717, 1.165) is 11.1 Å². The number of aryl methyl sites for hydroxylation is 1. The van der Waals surface area contributed by atoms with Crippen LogP contribution < -0.4 is 5.32 Å². The first-order chi connectivity index (χ1) is 15.1. The van der Waals surface area contributed by atoms with Crippen molar-refractivity contribution in [1.82, 2.24) is 10.1 Å². The van der Waals surface area contributed by atoms with Crippen LogP contribution in [-0.4, -0.2) is 22.0 Å². The number of rotatable bonds is 6. The molecule has 31 heavy (non-hydrogen) atoms. The quantitative estimate of drug-likeness (QED) is 0.462. The summed E-state index contributed by atoms with van der Waals surface area (Å²) < 4.78 is 10.5. The summed E-state index contributed by atoms with van der Waals surface area (Å²) in [5, 5.41) is 6.67. The molecule has 1 amide bonds. The lowest BCUT2D eigenvalue weighted by atomic mass is 10.1. The van der Waals surface area contributed by atoms with E-state index in [2.05, 4.69) is 15.5 Å². The fourth-order valence-electron chi connectivity index (χ4n) is 2.89. The average molecular weight is 413 g/mol. The first-order valence-corrected chi connectivity index (χ1v) is 9.62. The Bertz CT molecular complexity index is 1200. The second-order valence-electron chi connectivity index (χ2n) is 6.82. The Labute approximate surface area is 178 Å². The van der Waals surface area contributed by atoms with Gasteiger partial charge in [-0.05, 0) is 31.2 Å². The number of aromatic nitrogens is 2. The van der Waals surface area contributed by atoms with Crippen LogP contribution in [0.2, 0.25) is 0 Å². The Balaban J connectivity index is 1.43. The minimum absolute atomic E-state index is 0.176. The number of esters is 1. The molecule has 0 fully saturated rings. The van der Waals surface area contributed by atoms with Crippen molar-refractivity contribution in [3.63, 3.8) is 0 Å². The number of hydrogen-bond acceptors (Lipinski definition) is 6. The number of para-hydroxylation sites is 1. The third kappa shape index (κ3) is 4.84. The molecule has 4 rings (SSSR count). The van der Waals surface area contributed by atoms with Crippen molar-refractivity contribution in [3.8, 4) is 11.4 Å². The van der Waals surface area contributed by atoms with E-state index in [9.17, 15) is 9.59 Å². The molecule has 0 spiro atoms. The van der Waals surface area contributed by atoms with E-state index in [1.165, 1.54) is 0 Å². The zero-order valence-corrected chi connectivity index (χ0v) is 16.7. The van der Waals surface area contributed by atoms with Gasteiger partial charge in [0.05, 0.1) is 11.3 Å². The molecule has 154 valence electrons. The first kappa shape index (κ1) is 20.0. The molecule has 0 unspecified atom stereocenters. The van der Waals surface area contributed by atoms with Gasteiger partial charge in [-0.2, -0.15) is 4.98 Å². The maximum absolute atomic E-state index is 12.6. The summed E-state index contributed by atoms with van der Waals surface area (Å²) in [5.41, 5.74) is 3.00. The van der Waals surface area contributed by atoms with Gasteiger partial charge in [-0.25, -0.2) is 4.79 Å². The van der Waals surface area contributed by atoms with Gasteiger partial charge in [0.15, 0.2) is 6.61 Å². The third-order valence-corrected chi connectivity index (χ3v) is 4.54. The van der Waals surface area contributed by atoms with Crippen molar-refractivity contribution < 1.29 is 18.8 Å². The molecule has 7 nitrogen and oxygen atoms in total. The molecule has 3 aromatic carbocycles. The number of anilines is 1. The van der Waals surface area contributed by atoms with Crippen LogP contribution in [-0.2, 0) is 11.3 Å². The largest absolute Gasteiger partial charge is 0.452 e. The fourth-order valence-corrected chi connectivity index (χ4v) is 2.89. The highest BCUT2D eigenvalue weighted by Crippen LogP contribution is 2.19. The van der Waals surface area contributed by atoms with E-state index in [1.54, 1.807) is 48.5 Å². The minimum atomic E-state index is -0.612. The highest BCUT2D eigenvalue weighted by Gasteiger charge is 2.17. The molecule has 0 radical (unpaired) electrons. The van der Waals surface area contributed by atoms with E-state index in [1.807, 2.05) is 37.3 Å². The lowest BCUT2D eigenvalue weighted by Crippen LogP contribution is -2.15. The Morgan fingerprint density at radius 3 is 2.42 bits per heavy atom. The summed E-state index contributed by atoms with van der Waals surface area (Å²) in [6.07, 6.45) is 0. The van der Waals surface area contributed by atoms with Crippen molar-refractivity contribution >= 4 is 17.6 Å². The molecular weight excluding hydrogens is 394 g/mol. The Morgan fingerprint density at radius 2 is 1.65 bits per heavy atom. The number of hydrogen-bond donors (Lipinski definition) is 1. The molecular formula is C24H19N3O4. The van der Waals surface area contributed by atoms with Crippen LogP contribution in [0.25, 0.3) is 11.4 Å². The standard InChI is InChI=1S/C24H19N3O4/c1-16-11-13-17(14-12-16)22-26-21(31-27-22)15-30-24(29)19-9-5-6-10-20(19)25-23(28)18-7-3-2-4-8-18/h2-14H,15H2,1H3,(H,25,28). The molecule has 1 heterocycles. The van der Waals surface area contributed by atoms with Crippen LogP contribution in [0, 0.1) is 6.92 Å². The summed E-state index contributed by atoms with van der Waals surface area (Å²) in [6, 6.07) is 23.1. The molecule has 0 aliphatic rings. The Hall–Kier alpha value is -4.26. The highest BCUT2D eigenvalue weighted by molar-refractivity contribution is 6.07. The monoisotopic (exact) mass is 413 g/mol. The molecule has 4 aromatic rings. The third-order valence-electron chi connectivity index (χ3n) is 4.54. The molecule has 1 N–H and O–H groups in total. The summed E-state index contributed by atoms with van der Waals surface area (Å²) in [7, 11) is 0. The van der Waals surface area contributed by atoms with Gasteiger partial charge in [0.1, 0.15) is 0 Å². The normalized spacial score (nSPS) is 10.5. The molecule has 0 bridgehead atoms. The van der Waals surface area contributed by atoms with Gasteiger partial charge in [-0.1, -0.05) is 65.3 Å². The molecule has 0 saturated carbocycles. The Morgan fingerprint density at radius 1 is 0.935 bits per heavy atom. The molecule has 1 aromatic heterocycles. The van der Waals surface area contributed by atoms with Crippen molar-refractivity contribution in [2.75, 3.05) is 5.32 Å². The summed E-state index contributed by atoms with van der Waals surface area (Å²) in [4.78, 5) is 29.3. The van der Waals surface area contributed by atoms with Gasteiger partial charge in [0.25, 0.3) is 11.8 Å². The fraction of sp³-hybridized carbons (Fsp3) is 0.0833. The van der Waals surface area contributed by atoms with Crippen LogP contribution in [0.3, 0.4) is 0 Å². The molecule has 0 aliphatic carbocycles. The summed E-state index contributed by atoms with van der Waals surface area (Å²) in [5.74, 6) is -0.337. The van der Waals surface area contributed by atoms with E-state index in [-0.39, 0.29) is 24.0 Å². The predicted molar refractivity (Wildman–Crippen MR) is 114 cm³/mol. The van der Waals surface area contributed by atoms with Crippen LogP contribution in [0.15, 0.2) is 83.4 Å². The maximum atomic E-state index is 12.6. The molecule has 0 aliphatic heterocycles. The number of ether oxygens (including phenoxy) is 1. The van der Waals surface area contributed by atoms with Crippen molar-refractivity contribution in [1.29, 1.82) is 0 Å². The van der Waals surface area contributed by atoms with Gasteiger partial charge in [0.2, 0.25) is 5.82 Å². The van der Waals surface area contributed by atoms with Crippen molar-refractivity contribution in [3.05, 3.63) is 101 Å².